The molecule has 0 spiro atoms. The molecule has 30 heavy (non-hydrogen) atoms. The second-order valence-corrected chi connectivity index (χ2v) is 10.4. The minimum Gasteiger partial charge on any atom is -0.280 e. The van der Waals surface area contributed by atoms with E-state index in [1.54, 1.807) is 42.2 Å². The normalized spacial score (nSPS) is 15.1. The van der Waals surface area contributed by atoms with Crippen LogP contribution in [0.5, 0.6) is 0 Å². The van der Waals surface area contributed by atoms with E-state index < -0.39 is 10.0 Å². The van der Waals surface area contributed by atoms with Gasteiger partial charge in [0.2, 0.25) is 0 Å². The van der Waals surface area contributed by atoms with Crippen molar-refractivity contribution in [1.29, 1.82) is 0 Å². The molecule has 0 bridgehead atoms. The molecule has 0 aliphatic heterocycles. The highest BCUT2D eigenvalue weighted by Crippen LogP contribution is 2.33. The van der Waals surface area contributed by atoms with Crippen molar-refractivity contribution in [1.82, 2.24) is 4.98 Å². The first-order chi connectivity index (χ1) is 14.6. The largest absolute Gasteiger partial charge is 0.280 e. The lowest BCUT2D eigenvalue weighted by molar-refractivity contribution is 0.443. The van der Waals surface area contributed by atoms with Crippen molar-refractivity contribution in [2.45, 2.75) is 53.6 Å². The highest BCUT2D eigenvalue weighted by atomic mass is 32.2. The lowest BCUT2D eigenvalue weighted by atomic mass is 9.84. The second kappa shape index (κ2) is 9.67. The highest BCUT2D eigenvalue weighted by molar-refractivity contribution is 7.98. The van der Waals surface area contributed by atoms with Gasteiger partial charge in [-0.25, -0.2) is 8.42 Å². The summed E-state index contributed by atoms with van der Waals surface area (Å²) in [4.78, 5) is 5.51. The summed E-state index contributed by atoms with van der Waals surface area (Å²) >= 11 is 1.69. The van der Waals surface area contributed by atoms with E-state index >= 15 is 0 Å². The maximum absolute atomic E-state index is 12.8. The zero-order chi connectivity index (χ0) is 20.8. The summed E-state index contributed by atoms with van der Waals surface area (Å²) < 4.78 is 28.2. The Balaban J connectivity index is 1.37. The van der Waals surface area contributed by atoms with Gasteiger partial charge in [0.05, 0.1) is 4.90 Å². The molecular formula is C24H26N2O2S2. The number of hydrogen-bond acceptors (Lipinski definition) is 4. The Morgan fingerprint density at radius 3 is 2.33 bits per heavy atom. The Morgan fingerprint density at radius 2 is 1.67 bits per heavy atom. The van der Waals surface area contributed by atoms with Gasteiger partial charge in [0.15, 0.2) is 0 Å². The van der Waals surface area contributed by atoms with Gasteiger partial charge in [-0.2, -0.15) is 0 Å². The maximum Gasteiger partial charge on any atom is 0.261 e. The van der Waals surface area contributed by atoms with Crippen molar-refractivity contribution < 1.29 is 8.42 Å². The first-order valence-electron chi connectivity index (χ1n) is 10.3. The molecule has 4 nitrogen and oxygen atoms in total. The second-order valence-electron chi connectivity index (χ2n) is 7.68. The standard InChI is InChI=1S/C24H26N2O2S2/c27-30(28,24-14-8-21(9-15-24)20-6-2-1-3-7-20)26-22-10-12-23(13-11-22)29-18-19-5-4-16-25-17-19/h4-5,8-17,20,26H,1-3,6-7,18H2. The average Bonchev–Trinajstić information content (AvgIpc) is 2.80. The van der Waals surface area contributed by atoms with Gasteiger partial charge >= 0.3 is 0 Å². The van der Waals surface area contributed by atoms with Gasteiger partial charge in [-0.15, -0.1) is 11.8 Å². The smallest absolute Gasteiger partial charge is 0.261 e. The van der Waals surface area contributed by atoms with E-state index in [-0.39, 0.29) is 0 Å². The van der Waals surface area contributed by atoms with E-state index in [9.17, 15) is 8.42 Å². The number of hydrogen-bond donors (Lipinski definition) is 1. The number of aromatic nitrogens is 1. The Morgan fingerprint density at radius 1 is 0.933 bits per heavy atom. The molecule has 1 aromatic heterocycles. The highest BCUT2D eigenvalue weighted by Gasteiger charge is 2.18. The molecule has 0 saturated heterocycles. The number of sulfonamides is 1. The number of thioether (sulfide) groups is 1. The van der Waals surface area contributed by atoms with Crippen LogP contribution in [0.4, 0.5) is 5.69 Å². The third-order valence-electron chi connectivity index (χ3n) is 5.50. The van der Waals surface area contributed by atoms with Crippen LogP contribution < -0.4 is 4.72 Å². The topological polar surface area (TPSA) is 59.1 Å². The van der Waals surface area contributed by atoms with Crippen LogP contribution in [0, 0.1) is 0 Å². The predicted octanol–water partition coefficient (Wildman–Crippen LogP) is 6.22. The Labute approximate surface area is 183 Å². The Kier molecular flexibility index (Phi) is 6.75. The summed E-state index contributed by atoms with van der Waals surface area (Å²) in [6, 6.07) is 18.9. The van der Waals surface area contributed by atoms with Crippen LogP contribution in [0.2, 0.25) is 0 Å². The van der Waals surface area contributed by atoms with Crippen molar-refractivity contribution in [2.75, 3.05) is 4.72 Å². The monoisotopic (exact) mass is 438 g/mol. The van der Waals surface area contributed by atoms with E-state index in [0.29, 0.717) is 16.5 Å². The van der Waals surface area contributed by atoms with Gasteiger partial charge in [-0.1, -0.05) is 37.5 Å². The van der Waals surface area contributed by atoms with Gasteiger partial charge in [0.1, 0.15) is 0 Å². The quantitative estimate of drug-likeness (QED) is 0.445. The summed E-state index contributed by atoms with van der Waals surface area (Å²) in [5.74, 6) is 1.40. The average molecular weight is 439 g/mol. The SMILES string of the molecule is O=S(=O)(Nc1ccc(SCc2cccnc2)cc1)c1ccc(C2CCCCC2)cc1. The minimum atomic E-state index is -3.59. The van der Waals surface area contributed by atoms with Crippen LogP contribution in [-0.4, -0.2) is 13.4 Å². The van der Waals surface area contributed by atoms with Gasteiger partial charge in [-0.3, -0.25) is 9.71 Å². The van der Waals surface area contributed by atoms with E-state index in [0.717, 1.165) is 16.2 Å². The zero-order valence-electron chi connectivity index (χ0n) is 16.8. The molecule has 1 fully saturated rings. The molecule has 6 heteroatoms. The third-order valence-corrected chi connectivity index (χ3v) is 7.98. The van der Waals surface area contributed by atoms with Gasteiger partial charge < -0.3 is 0 Å². The van der Waals surface area contributed by atoms with Crippen molar-refractivity contribution >= 4 is 27.5 Å². The molecule has 156 valence electrons. The summed E-state index contributed by atoms with van der Waals surface area (Å²) in [7, 11) is -3.59. The molecule has 0 radical (unpaired) electrons. The minimum absolute atomic E-state index is 0.303. The van der Waals surface area contributed by atoms with Crippen LogP contribution in [0.15, 0.2) is 82.8 Å². The summed E-state index contributed by atoms with van der Waals surface area (Å²) in [6.07, 6.45) is 9.87. The van der Waals surface area contributed by atoms with Crippen molar-refractivity contribution in [3.05, 3.63) is 84.2 Å². The van der Waals surface area contributed by atoms with E-state index in [4.69, 9.17) is 0 Å². The molecular weight excluding hydrogens is 412 g/mol. The van der Waals surface area contributed by atoms with Crippen LogP contribution in [0.25, 0.3) is 0 Å². The predicted molar refractivity (Wildman–Crippen MR) is 123 cm³/mol. The van der Waals surface area contributed by atoms with E-state index in [1.165, 1.54) is 37.7 Å². The number of pyridine rings is 1. The molecule has 1 aliphatic carbocycles. The van der Waals surface area contributed by atoms with Crippen LogP contribution in [0.3, 0.4) is 0 Å². The molecule has 0 amide bonds. The zero-order valence-corrected chi connectivity index (χ0v) is 18.5. The maximum atomic E-state index is 12.8. The fraction of sp³-hybridized carbons (Fsp3) is 0.292. The molecule has 2 aromatic carbocycles. The molecule has 4 rings (SSSR count). The summed E-state index contributed by atoms with van der Waals surface area (Å²) in [5.41, 5.74) is 2.98. The molecule has 1 aliphatic rings. The number of anilines is 1. The lowest BCUT2D eigenvalue weighted by Gasteiger charge is -2.22. The lowest BCUT2D eigenvalue weighted by Crippen LogP contribution is -2.13. The Bertz CT molecular complexity index is 1040. The third kappa shape index (κ3) is 5.43. The first-order valence-corrected chi connectivity index (χ1v) is 12.8. The molecule has 1 N–H and O–H groups in total. The number of nitrogens with zero attached hydrogens (tertiary/aromatic N) is 1. The molecule has 3 aromatic rings. The van der Waals surface area contributed by atoms with Crippen LogP contribution in [0.1, 0.15) is 49.1 Å². The van der Waals surface area contributed by atoms with Gasteiger partial charge in [-0.05, 0) is 72.4 Å². The van der Waals surface area contributed by atoms with Crippen LogP contribution in [-0.2, 0) is 15.8 Å². The summed E-state index contributed by atoms with van der Waals surface area (Å²) in [6.45, 7) is 0. The van der Waals surface area contributed by atoms with E-state index in [2.05, 4.69) is 9.71 Å². The van der Waals surface area contributed by atoms with Gasteiger partial charge in [0.25, 0.3) is 10.0 Å². The van der Waals surface area contributed by atoms with Crippen molar-refractivity contribution in [3.8, 4) is 0 Å². The molecule has 1 heterocycles. The number of benzene rings is 2. The molecule has 1 saturated carbocycles. The number of rotatable bonds is 7. The first kappa shape index (κ1) is 20.9. The fourth-order valence-corrected chi connectivity index (χ4v) is 5.73. The van der Waals surface area contributed by atoms with E-state index in [1.807, 2.05) is 42.6 Å². The van der Waals surface area contributed by atoms with Crippen molar-refractivity contribution in [2.24, 2.45) is 0 Å². The molecule has 0 atom stereocenters. The van der Waals surface area contributed by atoms with Crippen LogP contribution >= 0.6 is 11.8 Å². The van der Waals surface area contributed by atoms with Crippen molar-refractivity contribution in [3.63, 3.8) is 0 Å². The summed E-state index contributed by atoms with van der Waals surface area (Å²) in [5, 5.41) is 0. The fourth-order valence-electron chi connectivity index (χ4n) is 3.84. The molecule has 0 unspecified atom stereocenters. The Hall–Kier alpha value is -2.31. The van der Waals surface area contributed by atoms with Gasteiger partial charge in [0, 0.05) is 28.7 Å². The number of nitrogens with one attached hydrogen (secondary N) is 1.